The molecule has 1 N–H and O–H groups in total. The third-order valence-corrected chi connectivity index (χ3v) is 3.25. The monoisotopic (exact) mass is 298 g/mol. The zero-order chi connectivity index (χ0) is 14.8. The van der Waals surface area contributed by atoms with Gasteiger partial charge in [0.2, 0.25) is 5.28 Å². The molecule has 0 amide bonds. The van der Waals surface area contributed by atoms with E-state index in [0.717, 1.165) is 11.1 Å². The first-order valence-electron chi connectivity index (χ1n) is 6.24. The van der Waals surface area contributed by atoms with Gasteiger partial charge in [-0.15, -0.1) is 0 Å². The Morgan fingerprint density at radius 1 is 1.38 bits per heavy atom. The van der Waals surface area contributed by atoms with Crippen molar-refractivity contribution in [3.05, 3.63) is 47.0 Å². The fourth-order valence-electron chi connectivity index (χ4n) is 2.16. The fraction of sp³-hybridized carbons (Fsp3) is 0.143. The molecular weight excluding hydrogens is 288 g/mol. The minimum atomic E-state index is 0.155. The van der Waals surface area contributed by atoms with Crippen molar-refractivity contribution in [2.24, 2.45) is 0 Å². The molecule has 0 radical (unpaired) electrons. The maximum Gasteiger partial charge on any atom is 0.226 e. The van der Waals surface area contributed by atoms with Crippen LogP contribution in [0.2, 0.25) is 5.28 Å². The summed E-state index contributed by atoms with van der Waals surface area (Å²) in [5.74, 6) is 0.671. The van der Waals surface area contributed by atoms with Crippen molar-refractivity contribution >= 4 is 28.6 Å². The number of nitrogens with one attached hydrogen (secondary N) is 1. The second-order valence-corrected chi connectivity index (χ2v) is 4.92. The Morgan fingerprint density at radius 3 is 3.05 bits per heavy atom. The molecule has 7 heteroatoms. The summed E-state index contributed by atoms with van der Waals surface area (Å²) in [6.45, 7) is 0.594. The number of H-pyrrole nitrogens is 1. The molecule has 3 rings (SSSR count). The summed E-state index contributed by atoms with van der Waals surface area (Å²) in [7, 11) is 1.90. The molecule has 0 bridgehead atoms. The molecule has 6 nitrogen and oxygen atoms in total. The second kappa shape index (κ2) is 5.38. The third kappa shape index (κ3) is 2.64. The molecule has 0 atom stereocenters. The minimum Gasteiger partial charge on any atom is -0.353 e. The molecule has 3 aromatic rings. The van der Waals surface area contributed by atoms with Crippen molar-refractivity contribution in [2.45, 2.75) is 6.54 Å². The average Bonchev–Trinajstić information content (AvgIpc) is 2.94. The van der Waals surface area contributed by atoms with Crippen LogP contribution in [0.5, 0.6) is 0 Å². The smallest absolute Gasteiger partial charge is 0.226 e. The number of aromatic nitrogens is 4. The van der Waals surface area contributed by atoms with Crippen molar-refractivity contribution in [1.82, 2.24) is 19.9 Å². The Balaban J connectivity index is 1.95. The molecule has 2 aromatic heterocycles. The fourth-order valence-corrected chi connectivity index (χ4v) is 2.32. The van der Waals surface area contributed by atoms with Crippen LogP contribution in [0.3, 0.4) is 0 Å². The maximum absolute atomic E-state index is 8.95. The number of fused-ring (bicyclic) bond motifs is 1. The van der Waals surface area contributed by atoms with Crippen LogP contribution >= 0.6 is 11.6 Å². The molecular formula is C14H11ClN6. The minimum absolute atomic E-state index is 0.155. The van der Waals surface area contributed by atoms with Gasteiger partial charge in [0, 0.05) is 13.6 Å². The summed E-state index contributed by atoms with van der Waals surface area (Å²) in [5, 5.41) is 9.10. The van der Waals surface area contributed by atoms with Crippen LogP contribution in [0.25, 0.3) is 11.2 Å². The largest absolute Gasteiger partial charge is 0.353 e. The molecule has 0 unspecified atom stereocenters. The van der Waals surface area contributed by atoms with Gasteiger partial charge in [-0.2, -0.15) is 15.2 Å². The molecule has 0 fully saturated rings. The number of nitrogens with zero attached hydrogens (tertiary/aromatic N) is 5. The summed E-state index contributed by atoms with van der Waals surface area (Å²) in [6.07, 6.45) is 1.56. The summed E-state index contributed by atoms with van der Waals surface area (Å²) < 4.78 is 0. The summed E-state index contributed by atoms with van der Waals surface area (Å²) in [4.78, 5) is 17.4. The standard InChI is InChI=1S/C14H11ClN6/c1-21(7-10-4-2-3-9(5-10)6-16)13-11-12(18-8-17-11)19-14(15)20-13/h2-5,8H,7H2,1H3,(H,17,18,19,20). The van der Waals surface area contributed by atoms with E-state index in [1.807, 2.05) is 30.1 Å². The number of anilines is 1. The number of hydrogen-bond donors (Lipinski definition) is 1. The van der Waals surface area contributed by atoms with Crippen LogP contribution in [0.15, 0.2) is 30.6 Å². The van der Waals surface area contributed by atoms with Gasteiger partial charge in [0.05, 0.1) is 18.0 Å². The molecule has 1 aromatic carbocycles. The maximum atomic E-state index is 8.95. The SMILES string of the molecule is CN(Cc1cccc(C#N)c1)c1nc(Cl)nc2nc[nH]c12. The molecule has 21 heavy (non-hydrogen) atoms. The first-order chi connectivity index (χ1) is 10.2. The topological polar surface area (TPSA) is 81.5 Å². The molecule has 2 heterocycles. The molecule has 0 aliphatic carbocycles. The number of nitriles is 1. The lowest BCUT2D eigenvalue weighted by molar-refractivity contribution is 0.898. The highest BCUT2D eigenvalue weighted by atomic mass is 35.5. The van der Waals surface area contributed by atoms with Crippen molar-refractivity contribution in [1.29, 1.82) is 5.26 Å². The lowest BCUT2D eigenvalue weighted by Crippen LogP contribution is -2.18. The number of halogens is 1. The zero-order valence-electron chi connectivity index (χ0n) is 11.2. The Bertz CT molecular complexity index is 835. The predicted octanol–water partition coefficient (Wildman–Crippen LogP) is 2.51. The van der Waals surface area contributed by atoms with E-state index in [2.05, 4.69) is 26.0 Å². The number of rotatable bonds is 3. The van der Waals surface area contributed by atoms with E-state index < -0.39 is 0 Å². The van der Waals surface area contributed by atoms with E-state index in [4.69, 9.17) is 16.9 Å². The predicted molar refractivity (Wildman–Crippen MR) is 80.0 cm³/mol. The lowest BCUT2D eigenvalue weighted by Gasteiger charge is -2.18. The molecule has 0 saturated carbocycles. The average molecular weight is 299 g/mol. The molecule has 0 spiro atoms. The van der Waals surface area contributed by atoms with Crippen LogP contribution in [0.4, 0.5) is 5.82 Å². The quantitative estimate of drug-likeness (QED) is 0.751. The van der Waals surface area contributed by atoms with Gasteiger partial charge in [-0.3, -0.25) is 0 Å². The van der Waals surface area contributed by atoms with Crippen LogP contribution < -0.4 is 4.90 Å². The van der Waals surface area contributed by atoms with Gasteiger partial charge in [-0.05, 0) is 29.3 Å². The Kier molecular flexibility index (Phi) is 3.42. The Morgan fingerprint density at radius 2 is 2.24 bits per heavy atom. The van der Waals surface area contributed by atoms with Crippen molar-refractivity contribution in [3.8, 4) is 6.07 Å². The number of imidazole rings is 1. The Labute approximate surface area is 126 Å². The van der Waals surface area contributed by atoms with Crippen molar-refractivity contribution in [2.75, 3.05) is 11.9 Å². The summed E-state index contributed by atoms with van der Waals surface area (Å²) >= 11 is 5.93. The van der Waals surface area contributed by atoms with E-state index >= 15 is 0 Å². The third-order valence-electron chi connectivity index (χ3n) is 3.08. The first-order valence-corrected chi connectivity index (χ1v) is 6.62. The van der Waals surface area contributed by atoms with E-state index in [1.54, 1.807) is 12.4 Å². The summed E-state index contributed by atoms with van der Waals surface area (Å²) in [5.41, 5.74) is 2.91. The highest BCUT2D eigenvalue weighted by molar-refractivity contribution is 6.28. The number of benzene rings is 1. The zero-order valence-corrected chi connectivity index (χ0v) is 12.0. The van der Waals surface area contributed by atoms with Crippen molar-refractivity contribution in [3.63, 3.8) is 0 Å². The molecule has 0 saturated heterocycles. The molecule has 0 aliphatic heterocycles. The molecule has 104 valence electrons. The van der Waals surface area contributed by atoms with E-state index in [9.17, 15) is 0 Å². The number of aromatic amines is 1. The lowest BCUT2D eigenvalue weighted by atomic mass is 10.1. The van der Waals surface area contributed by atoms with Gasteiger partial charge in [0.1, 0.15) is 5.52 Å². The van der Waals surface area contributed by atoms with Crippen LogP contribution in [0.1, 0.15) is 11.1 Å². The highest BCUT2D eigenvalue weighted by Gasteiger charge is 2.13. The van der Waals surface area contributed by atoms with Gasteiger partial charge in [0.25, 0.3) is 0 Å². The Hall–Kier alpha value is -2.65. The number of hydrogen-bond acceptors (Lipinski definition) is 5. The first kappa shape index (κ1) is 13.3. The summed E-state index contributed by atoms with van der Waals surface area (Å²) in [6, 6.07) is 9.58. The highest BCUT2D eigenvalue weighted by Crippen LogP contribution is 2.23. The van der Waals surface area contributed by atoms with Gasteiger partial charge in [0.15, 0.2) is 11.5 Å². The van der Waals surface area contributed by atoms with Crippen molar-refractivity contribution < 1.29 is 0 Å². The van der Waals surface area contributed by atoms with Gasteiger partial charge < -0.3 is 9.88 Å². The van der Waals surface area contributed by atoms with Gasteiger partial charge in [-0.1, -0.05) is 12.1 Å². The van der Waals surface area contributed by atoms with Crippen LogP contribution in [0, 0.1) is 11.3 Å². The molecule has 0 aliphatic rings. The van der Waals surface area contributed by atoms with Gasteiger partial charge >= 0.3 is 0 Å². The van der Waals surface area contributed by atoms with E-state index in [0.29, 0.717) is 23.6 Å². The van der Waals surface area contributed by atoms with Crippen LogP contribution in [-0.4, -0.2) is 27.0 Å². The normalized spacial score (nSPS) is 10.5. The van der Waals surface area contributed by atoms with Crippen LogP contribution in [-0.2, 0) is 6.54 Å². The van der Waals surface area contributed by atoms with E-state index in [-0.39, 0.29) is 5.28 Å². The van der Waals surface area contributed by atoms with Gasteiger partial charge in [-0.25, -0.2) is 4.98 Å². The van der Waals surface area contributed by atoms with E-state index in [1.165, 1.54) is 0 Å². The second-order valence-electron chi connectivity index (χ2n) is 4.59.